The Bertz CT molecular complexity index is 1430. The Balaban J connectivity index is 0.000000426. The Labute approximate surface area is 220 Å². The van der Waals surface area contributed by atoms with Crippen LogP contribution >= 0.6 is 11.3 Å². The van der Waals surface area contributed by atoms with E-state index in [0.717, 1.165) is 57.0 Å². The van der Waals surface area contributed by atoms with Crippen LogP contribution in [0.25, 0.3) is 31.7 Å². The first-order valence-corrected chi connectivity index (χ1v) is 12.3. The number of thiophene rings is 1. The van der Waals surface area contributed by atoms with Crippen LogP contribution in [0.5, 0.6) is 17.2 Å². The van der Waals surface area contributed by atoms with Gasteiger partial charge in [0.2, 0.25) is 0 Å². The van der Waals surface area contributed by atoms with Gasteiger partial charge in [0, 0.05) is 40.2 Å². The second-order valence-corrected chi connectivity index (χ2v) is 9.66. The van der Waals surface area contributed by atoms with Crippen LogP contribution in [0.3, 0.4) is 0 Å². The lowest BCUT2D eigenvalue weighted by atomic mass is 9.98. The van der Waals surface area contributed by atoms with E-state index in [0.29, 0.717) is 0 Å². The SMILES string of the molecule is C=CCN1CC(Oc2ccc(-c3c(-c4ccc(O)cc4)sc4cc(O)ccc34)cc2)C1.O=C(O)C(F)(F)F. The van der Waals surface area contributed by atoms with E-state index < -0.39 is 12.1 Å². The van der Waals surface area contributed by atoms with Crippen LogP contribution in [-0.4, -0.2) is 58.1 Å². The molecule has 5 rings (SSSR count). The van der Waals surface area contributed by atoms with Crippen molar-refractivity contribution in [3.05, 3.63) is 79.4 Å². The second-order valence-electron chi connectivity index (χ2n) is 8.61. The van der Waals surface area contributed by atoms with E-state index in [-0.39, 0.29) is 17.6 Å². The molecule has 3 aromatic carbocycles. The summed E-state index contributed by atoms with van der Waals surface area (Å²) in [7, 11) is 0. The Morgan fingerprint density at radius 2 is 1.58 bits per heavy atom. The standard InChI is InChI=1S/C26H23NO3S.C2HF3O2/c1-2-13-27-15-22(16-27)30-21-10-5-17(6-11-21)25-23-12-9-20(29)14-24(23)31-26(25)18-3-7-19(28)8-4-18;3-2(4,5)1(6)7/h2-12,14,22,28-29H,1,13,15-16H2;(H,6,7). The van der Waals surface area contributed by atoms with E-state index >= 15 is 0 Å². The second kappa shape index (κ2) is 11.2. The normalized spacial score (nSPS) is 13.9. The monoisotopic (exact) mass is 543 g/mol. The molecule has 1 fully saturated rings. The maximum Gasteiger partial charge on any atom is 0.490 e. The van der Waals surface area contributed by atoms with E-state index in [1.165, 1.54) is 0 Å². The first kappa shape index (κ1) is 27.0. The van der Waals surface area contributed by atoms with Gasteiger partial charge in [-0.25, -0.2) is 4.79 Å². The fraction of sp³-hybridized carbons (Fsp3) is 0.179. The Morgan fingerprint density at radius 1 is 1.00 bits per heavy atom. The number of benzene rings is 3. The molecule has 0 atom stereocenters. The molecule has 1 aromatic heterocycles. The van der Waals surface area contributed by atoms with Crippen molar-refractivity contribution in [1.82, 2.24) is 4.90 Å². The molecule has 4 aromatic rings. The molecule has 0 saturated carbocycles. The van der Waals surface area contributed by atoms with Gasteiger partial charge < -0.3 is 20.1 Å². The van der Waals surface area contributed by atoms with Crippen LogP contribution in [0.15, 0.2) is 79.4 Å². The van der Waals surface area contributed by atoms with E-state index in [1.54, 1.807) is 35.6 Å². The highest BCUT2D eigenvalue weighted by atomic mass is 32.1. The summed E-state index contributed by atoms with van der Waals surface area (Å²) in [6, 6.07) is 21.0. The molecule has 10 heteroatoms. The number of carboxylic acids is 1. The molecule has 0 aliphatic carbocycles. The van der Waals surface area contributed by atoms with Crippen molar-refractivity contribution in [2.45, 2.75) is 12.3 Å². The van der Waals surface area contributed by atoms with Gasteiger partial charge in [-0.1, -0.05) is 18.2 Å². The van der Waals surface area contributed by atoms with Crippen LogP contribution in [0.2, 0.25) is 0 Å². The molecule has 3 N–H and O–H groups in total. The summed E-state index contributed by atoms with van der Waals surface area (Å²) in [5.41, 5.74) is 3.25. The van der Waals surface area contributed by atoms with Gasteiger partial charge in [0.25, 0.3) is 0 Å². The molecular formula is C28H24F3NO5S. The first-order chi connectivity index (χ1) is 18.0. The summed E-state index contributed by atoms with van der Waals surface area (Å²) in [6.07, 6.45) is -2.94. The van der Waals surface area contributed by atoms with Crippen molar-refractivity contribution in [3.63, 3.8) is 0 Å². The van der Waals surface area contributed by atoms with E-state index in [1.807, 2.05) is 36.4 Å². The smallest absolute Gasteiger partial charge is 0.490 e. The summed E-state index contributed by atoms with van der Waals surface area (Å²) in [5.74, 6) is -1.39. The molecular weight excluding hydrogens is 519 g/mol. The minimum Gasteiger partial charge on any atom is -0.508 e. The van der Waals surface area contributed by atoms with Crippen LogP contribution in [0.1, 0.15) is 0 Å². The number of nitrogens with zero attached hydrogens (tertiary/aromatic N) is 1. The Morgan fingerprint density at radius 3 is 2.16 bits per heavy atom. The van der Waals surface area contributed by atoms with Crippen molar-refractivity contribution < 1.29 is 38.0 Å². The number of rotatable bonds is 6. The highest BCUT2D eigenvalue weighted by Gasteiger charge is 2.38. The maximum absolute atomic E-state index is 10.6. The first-order valence-electron chi connectivity index (χ1n) is 11.5. The number of hydrogen-bond donors (Lipinski definition) is 3. The quantitative estimate of drug-likeness (QED) is 0.240. The number of carboxylic acid groups (broad SMARTS) is 1. The number of phenols is 2. The zero-order chi connectivity index (χ0) is 27.4. The number of carbonyl (C=O) groups is 1. The molecule has 0 unspecified atom stereocenters. The number of fused-ring (bicyclic) bond motifs is 1. The lowest BCUT2D eigenvalue weighted by Crippen LogP contribution is -2.53. The van der Waals surface area contributed by atoms with Gasteiger partial charge in [-0.15, -0.1) is 17.9 Å². The number of likely N-dealkylation sites (tertiary alicyclic amines) is 1. The topological polar surface area (TPSA) is 90.2 Å². The highest BCUT2D eigenvalue weighted by molar-refractivity contribution is 7.23. The number of aromatic hydroxyl groups is 2. The Kier molecular flexibility index (Phi) is 7.94. The molecule has 38 heavy (non-hydrogen) atoms. The summed E-state index contributed by atoms with van der Waals surface area (Å²) >= 11 is 1.64. The third-order valence-corrected chi connectivity index (χ3v) is 7.00. The molecule has 0 amide bonds. The molecule has 1 aliphatic heterocycles. The number of aliphatic carboxylic acids is 1. The summed E-state index contributed by atoms with van der Waals surface area (Å²) in [6.45, 7) is 6.54. The number of hydrogen-bond acceptors (Lipinski definition) is 6. The summed E-state index contributed by atoms with van der Waals surface area (Å²) < 4.78 is 38.9. The zero-order valence-corrected chi connectivity index (χ0v) is 20.8. The lowest BCUT2D eigenvalue weighted by Gasteiger charge is -2.38. The zero-order valence-electron chi connectivity index (χ0n) is 20.0. The predicted molar refractivity (Wildman–Crippen MR) is 141 cm³/mol. The van der Waals surface area contributed by atoms with Crippen molar-refractivity contribution in [3.8, 4) is 38.8 Å². The molecule has 0 bridgehead atoms. The average Bonchev–Trinajstić information content (AvgIpc) is 3.22. The number of halogens is 3. The Hall–Kier alpha value is -4.02. The number of ether oxygens (including phenoxy) is 1. The van der Waals surface area contributed by atoms with Crippen molar-refractivity contribution in [2.75, 3.05) is 19.6 Å². The van der Waals surface area contributed by atoms with Crippen LogP contribution in [0, 0.1) is 0 Å². The summed E-state index contributed by atoms with van der Waals surface area (Å²) in [4.78, 5) is 12.3. The molecule has 0 radical (unpaired) electrons. The minimum atomic E-state index is -5.08. The maximum atomic E-state index is 10.6. The third kappa shape index (κ3) is 6.27. The fourth-order valence-corrected chi connectivity index (χ4v) is 5.27. The van der Waals surface area contributed by atoms with E-state index in [9.17, 15) is 23.4 Å². The van der Waals surface area contributed by atoms with Gasteiger partial charge in [-0.05, 0) is 65.7 Å². The third-order valence-electron chi connectivity index (χ3n) is 5.80. The minimum absolute atomic E-state index is 0.225. The fourth-order valence-electron chi connectivity index (χ4n) is 4.01. The van der Waals surface area contributed by atoms with Gasteiger partial charge in [0.15, 0.2) is 0 Å². The molecule has 1 saturated heterocycles. The van der Waals surface area contributed by atoms with Crippen LogP contribution in [0.4, 0.5) is 13.2 Å². The molecule has 198 valence electrons. The van der Waals surface area contributed by atoms with Gasteiger partial charge >= 0.3 is 12.1 Å². The molecule has 1 aliphatic rings. The van der Waals surface area contributed by atoms with E-state index in [4.69, 9.17) is 14.6 Å². The molecule has 0 spiro atoms. The van der Waals surface area contributed by atoms with Gasteiger partial charge in [-0.3, -0.25) is 4.90 Å². The predicted octanol–water partition coefficient (Wildman–Crippen LogP) is 6.53. The highest BCUT2D eigenvalue weighted by Crippen LogP contribution is 2.46. The van der Waals surface area contributed by atoms with Gasteiger partial charge in [0.1, 0.15) is 23.4 Å². The summed E-state index contributed by atoms with van der Waals surface area (Å²) in [5, 5.41) is 27.9. The van der Waals surface area contributed by atoms with Crippen molar-refractivity contribution in [1.29, 1.82) is 0 Å². The lowest BCUT2D eigenvalue weighted by molar-refractivity contribution is -0.192. The number of phenolic OH excluding ortho intramolecular Hbond substituents is 2. The largest absolute Gasteiger partial charge is 0.508 e. The average molecular weight is 544 g/mol. The number of alkyl halides is 3. The molecule has 2 heterocycles. The van der Waals surface area contributed by atoms with Gasteiger partial charge in [0.05, 0.1) is 0 Å². The molecule has 6 nitrogen and oxygen atoms in total. The van der Waals surface area contributed by atoms with Crippen LogP contribution in [-0.2, 0) is 4.79 Å². The van der Waals surface area contributed by atoms with E-state index in [2.05, 4.69) is 23.6 Å². The van der Waals surface area contributed by atoms with Crippen molar-refractivity contribution in [2.24, 2.45) is 0 Å². The van der Waals surface area contributed by atoms with Crippen LogP contribution < -0.4 is 4.74 Å². The van der Waals surface area contributed by atoms with Crippen molar-refractivity contribution >= 4 is 27.4 Å². The van der Waals surface area contributed by atoms with Gasteiger partial charge in [-0.2, -0.15) is 13.2 Å².